The molecule has 0 N–H and O–H groups in total. The third-order valence-corrected chi connectivity index (χ3v) is 4.04. The lowest BCUT2D eigenvalue weighted by Crippen LogP contribution is -2.43. The first-order valence-corrected chi connectivity index (χ1v) is 9.00. The van der Waals surface area contributed by atoms with Crippen molar-refractivity contribution in [3.8, 4) is 0 Å². The molecule has 0 spiro atoms. The normalized spacial score (nSPS) is 14.2. The van der Waals surface area contributed by atoms with Crippen LogP contribution in [0.15, 0.2) is 48.5 Å². The molecule has 4 amide bonds. The summed E-state index contributed by atoms with van der Waals surface area (Å²) >= 11 is 0. The minimum atomic E-state index is -0.498. The first-order valence-electron chi connectivity index (χ1n) is 9.00. The van der Waals surface area contributed by atoms with E-state index >= 15 is 0 Å². The fourth-order valence-corrected chi connectivity index (χ4v) is 2.88. The van der Waals surface area contributed by atoms with Gasteiger partial charge in [0.2, 0.25) is 0 Å². The second-order valence-corrected chi connectivity index (χ2v) is 5.31. The zero-order chi connectivity index (χ0) is 20.1. The number of carbonyl (C=O) groups is 4. The highest BCUT2D eigenvalue weighted by molar-refractivity contribution is 6.24. The number of benzene rings is 2. The molecule has 140 valence electrons. The molecular weight excluding hydrogens is 344 g/mol. The lowest BCUT2D eigenvalue weighted by atomic mass is 10.1. The van der Waals surface area contributed by atoms with E-state index in [0.717, 1.165) is 9.80 Å². The second-order valence-electron chi connectivity index (χ2n) is 5.31. The molecule has 2 aliphatic rings. The molecule has 0 radical (unpaired) electrons. The van der Waals surface area contributed by atoms with Gasteiger partial charge in [-0.1, -0.05) is 52.0 Å². The Balaban J connectivity index is 0.000000614. The molecule has 0 aromatic heterocycles. The molecule has 27 heavy (non-hydrogen) atoms. The van der Waals surface area contributed by atoms with Crippen molar-refractivity contribution in [3.63, 3.8) is 0 Å². The van der Waals surface area contributed by atoms with Crippen molar-refractivity contribution in [2.75, 3.05) is 6.67 Å². The summed E-state index contributed by atoms with van der Waals surface area (Å²) in [6, 6.07) is 12.9. The maximum Gasteiger partial charge on any atom is 0.263 e. The van der Waals surface area contributed by atoms with Gasteiger partial charge in [0.05, 0.1) is 22.3 Å². The van der Waals surface area contributed by atoms with E-state index in [1.54, 1.807) is 48.5 Å². The summed E-state index contributed by atoms with van der Waals surface area (Å²) in [6.07, 6.45) is 0. The number of hydrogen-bond acceptors (Lipinski definition) is 4. The van der Waals surface area contributed by atoms with Gasteiger partial charge in [0, 0.05) is 0 Å². The Labute approximate surface area is 158 Å². The summed E-state index contributed by atoms with van der Waals surface area (Å²) in [4.78, 5) is 51.2. The van der Waals surface area contributed by atoms with Crippen LogP contribution in [0, 0.1) is 0 Å². The first-order chi connectivity index (χ1) is 13.1. The van der Waals surface area contributed by atoms with E-state index in [1.807, 2.05) is 27.7 Å². The van der Waals surface area contributed by atoms with E-state index in [4.69, 9.17) is 0 Å². The van der Waals surface area contributed by atoms with Crippen LogP contribution in [0.1, 0.15) is 69.1 Å². The van der Waals surface area contributed by atoms with Gasteiger partial charge in [-0.05, 0) is 24.3 Å². The van der Waals surface area contributed by atoms with E-state index < -0.39 is 23.6 Å². The summed E-state index contributed by atoms with van der Waals surface area (Å²) in [5.41, 5.74) is 1.14. The van der Waals surface area contributed by atoms with Gasteiger partial charge >= 0.3 is 0 Å². The minimum Gasteiger partial charge on any atom is -0.269 e. The summed E-state index contributed by atoms with van der Waals surface area (Å²) in [7, 11) is 0. The highest BCUT2D eigenvalue weighted by atomic mass is 16.2. The van der Waals surface area contributed by atoms with Gasteiger partial charge in [0.15, 0.2) is 0 Å². The summed E-state index contributed by atoms with van der Waals surface area (Å²) < 4.78 is 0. The average Bonchev–Trinajstić information content (AvgIpc) is 3.12. The topological polar surface area (TPSA) is 74.8 Å². The maximum atomic E-state index is 12.3. The van der Waals surface area contributed by atoms with Crippen LogP contribution in [-0.4, -0.2) is 40.1 Å². The van der Waals surface area contributed by atoms with Gasteiger partial charge in [-0.2, -0.15) is 0 Å². The number of carbonyl (C=O) groups excluding carboxylic acids is 4. The molecule has 0 bridgehead atoms. The van der Waals surface area contributed by atoms with E-state index in [1.165, 1.54) is 0 Å². The van der Waals surface area contributed by atoms with E-state index in [-0.39, 0.29) is 28.9 Å². The summed E-state index contributed by atoms with van der Waals surface area (Å²) in [6.45, 7) is 7.62. The molecule has 0 unspecified atom stereocenters. The maximum absolute atomic E-state index is 12.3. The van der Waals surface area contributed by atoms with Crippen LogP contribution >= 0.6 is 0 Å². The minimum absolute atomic E-state index is 0.286. The molecule has 2 aliphatic heterocycles. The molecule has 2 heterocycles. The molecule has 0 aliphatic carbocycles. The van der Waals surface area contributed by atoms with Crippen LogP contribution in [0.5, 0.6) is 0 Å². The molecule has 0 saturated heterocycles. The highest BCUT2D eigenvalue weighted by Gasteiger charge is 2.41. The summed E-state index contributed by atoms with van der Waals surface area (Å²) in [5, 5.41) is 0. The fourth-order valence-electron chi connectivity index (χ4n) is 2.88. The van der Waals surface area contributed by atoms with Gasteiger partial charge in [0.1, 0.15) is 6.67 Å². The van der Waals surface area contributed by atoms with E-state index in [2.05, 4.69) is 0 Å². The van der Waals surface area contributed by atoms with Gasteiger partial charge in [-0.15, -0.1) is 0 Å². The van der Waals surface area contributed by atoms with Gasteiger partial charge in [-0.25, -0.2) is 0 Å². The van der Waals surface area contributed by atoms with Crippen molar-refractivity contribution in [2.24, 2.45) is 0 Å². The molecular formula is C21H22N2O4. The molecule has 0 atom stereocenters. The Bertz CT molecular complexity index is 761. The first kappa shape index (κ1) is 20.0. The lowest BCUT2D eigenvalue weighted by molar-refractivity contribution is 0.0471. The monoisotopic (exact) mass is 366 g/mol. The van der Waals surface area contributed by atoms with Gasteiger partial charge < -0.3 is 0 Å². The third-order valence-electron chi connectivity index (χ3n) is 4.04. The van der Waals surface area contributed by atoms with Gasteiger partial charge in [0.25, 0.3) is 23.6 Å². The quantitative estimate of drug-likeness (QED) is 0.761. The van der Waals surface area contributed by atoms with Crippen molar-refractivity contribution in [3.05, 3.63) is 70.8 Å². The van der Waals surface area contributed by atoms with Crippen molar-refractivity contribution >= 4 is 23.6 Å². The van der Waals surface area contributed by atoms with Crippen LogP contribution < -0.4 is 0 Å². The Hall–Kier alpha value is -3.28. The Morgan fingerprint density at radius 3 is 0.963 bits per heavy atom. The number of imide groups is 2. The highest BCUT2D eigenvalue weighted by Crippen LogP contribution is 2.26. The molecule has 0 saturated carbocycles. The molecule has 2 aromatic carbocycles. The van der Waals surface area contributed by atoms with Crippen molar-refractivity contribution < 1.29 is 19.2 Å². The number of rotatable bonds is 2. The predicted molar refractivity (Wildman–Crippen MR) is 101 cm³/mol. The Kier molecular flexibility index (Phi) is 6.23. The Morgan fingerprint density at radius 1 is 0.519 bits per heavy atom. The number of hydrogen-bond donors (Lipinski definition) is 0. The average molecular weight is 366 g/mol. The second kappa shape index (κ2) is 8.40. The Morgan fingerprint density at radius 2 is 0.741 bits per heavy atom. The van der Waals surface area contributed by atoms with Crippen molar-refractivity contribution in [1.29, 1.82) is 0 Å². The largest absolute Gasteiger partial charge is 0.269 e. The van der Waals surface area contributed by atoms with Crippen LogP contribution in [0.3, 0.4) is 0 Å². The number of fused-ring (bicyclic) bond motifs is 2. The number of amides is 4. The fraction of sp³-hybridized carbons (Fsp3) is 0.238. The molecule has 2 aromatic rings. The smallest absolute Gasteiger partial charge is 0.263 e. The number of nitrogens with zero attached hydrogens (tertiary/aromatic N) is 2. The predicted octanol–water partition coefficient (Wildman–Crippen LogP) is 3.59. The van der Waals surface area contributed by atoms with Crippen LogP contribution in [0.25, 0.3) is 0 Å². The van der Waals surface area contributed by atoms with Crippen LogP contribution in [0.4, 0.5) is 0 Å². The molecule has 4 rings (SSSR count). The van der Waals surface area contributed by atoms with Crippen molar-refractivity contribution in [2.45, 2.75) is 27.7 Å². The van der Waals surface area contributed by atoms with Crippen LogP contribution in [-0.2, 0) is 0 Å². The SMILES string of the molecule is CC.CC.O=C1c2ccccc2C(=O)N1CN1C(=O)c2ccccc2C1=O. The zero-order valence-electron chi connectivity index (χ0n) is 15.9. The molecule has 6 heteroatoms. The van der Waals surface area contributed by atoms with Crippen molar-refractivity contribution in [1.82, 2.24) is 9.80 Å². The van der Waals surface area contributed by atoms with Gasteiger partial charge in [-0.3, -0.25) is 29.0 Å². The lowest BCUT2D eigenvalue weighted by Gasteiger charge is -2.20. The third kappa shape index (κ3) is 3.26. The molecule has 6 nitrogen and oxygen atoms in total. The van der Waals surface area contributed by atoms with Crippen LogP contribution in [0.2, 0.25) is 0 Å². The molecule has 0 fully saturated rings. The zero-order valence-corrected chi connectivity index (χ0v) is 15.9. The van der Waals surface area contributed by atoms with E-state index in [0.29, 0.717) is 0 Å². The summed E-state index contributed by atoms with van der Waals surface area (Å²) in [5.74, 6) is -1.99. The van der Waals surface area contributed by atoms with E-state index in [9.17, 15) is 19.2 Å². The standard InChI is InChI=1S/C17H10N2O4.2C2H6/c20-14-10-5-1-2-6-11(10)15(21)18(14)9-19-16(22)12-7-3-4-8-13(12)17(19)23;2*1-2/h1-8H,9H2;2*1-2H3.